The fourth-order valence-electron chi connectivity index (χ4n) is 5.97. The van der Waals surface area contributed by atoms with Gasteiger partial charge in [-0.05, 0) is 67.5 Å². The fourth-order valence-corrected chi connectivity index (χ4v) is 5.97. The number of hydrogen-bond donors (Lipinski definition) is 1. The van der Waals surface area contributed by atoms with Crippen molar-refractivity contribution in [1.29, 1.82) is 0 Å². The third-order valence-electron chi connectivity index (χ3n) is 8.17. The number of carbonyl (C=O) groups excluding carboxylic acids is 2. The Balaban J connectivity index is 1.47. The molecule has 47 heavy (non-hydrogen) atoms. The Morgan fingerprint density at radius 1 is 0.915 bits per heavy atom. The van der Waals surface area contributed by atoms with E-state index in [-0.39, 0.29) is 66.8 Å². The van der Waals surface area contributed by atoms with E-state index in [4.69, 9.17) is 4.74 Å². The van der Waals surface area contributed by atoms with Gasteiger partial charge in [0.05, 0.1) is 13.2 Å². The molecule has 260 valence electrons. The monoisotopic (exact) mass is 684 g/mol. The van der Waals surface area contributed by atoms with Crippen molar-refractivity contribution in [3.8, 4) is 11.5 Å². The number of amides is 3. The van der Waals surface area contributed by atoms with Gasteiger partial charge in [0.15, 0.2) is 0 Å². The van der Waals surface area contributed by atoms with E-state index >= 15 is 0 Å². The lowest BCUT2D eigenvalue weighted by Crippen LogP contribution is -2.53. The van der Waals surface area contributed by atoms with Crippen molar-refractivity contribution in [1.82, 2.24) is 10.2 Å². The number of rotatable bonds is 12. The molecule has 2 aliphatic heterocycles. The molecule has 4 rings (SSSR count). The summed E-state index contributed by atoms with van der Waals surface area (Å²) >= 11 is 0. The van der Waals surface area contributed by atoms with Gasteiger partial charge in [0, 0.05) is 17.7 Å². The van der Waals surface area contributed by atoms with Crippen LogP contribution in [0.4, 0.5) is 44.3 Å². The van der Waals surface area contributed by atoms with Gasteiger partial charge in [-0.25, -0.2) is 4.79 Å². The minimum atomic E-state index is -5.76. The Morgan fingerprint density at radius 3 is 2.09 bits per heavy atom. The number of nitrogens with zero attached hydrogens (tertiary/aromatic N) is 1. The smallest absolute Gasteiger partial charge is 0.493 e. The molecule has 2 heterocycles. The molecule has 0 bridgehead atoms. The van der Waals surface area contributed by atoms with Crippen molar-refractivity contribution >= 4 is 11.9 Å². The van der Waals surface area contributed by atoms with Crippen molar-refractivity contribution in [3.63, 3.8) is 0 Å². The molecule has 0 spiro atoms. The van der Waals surface area contributed by atoms with Crippen molar-refractivity contribution in [2.75, 3.05) is 13.2 Å². The summed E-state index contributed by atoms with van der Waals surface area (Å²) in [5.74, 6) is -0.935. The lowest BCUT2D eigenvalue weighted by molar-refractivity contribution is -0.385. The van der Waals surface area contributed by atoms with Crippen LogP contribution < -0.4 is 14.8 Å². The highest BCUT2D eigenvalue weighted by Gasteiger charge is 2.76. The van der Waals surface area contributed by atoms with Crippen LogP contribution in [-0.4, -0.2) is 48.7 Å². The standard InChI is InChI=1S/C31H33F9N2O5/c1-4-8-18-16-23-22(17-46-28(23,29(32,33)34)30(35,36)37)21(9-5-2)24(18)45-15-7-6-14-42-25(43)27(3,41-26(42)44)19-10-12-20(13-11-19)47-31(38,39)40/h10-13,16H,4-9,14-15,17H2,1-3H3,(H,41,44). The molecule has 2 aliphatic rings. The number of benzene rings is 2. The molecular formula is C31H33F9N2O5. The normalized spacial score (nSPS) is 19.6. The van der Waals surface area contributed by atoms with Gasteiger partial charge in [-0.3, -0.25) is 9.69 Å². The molecule has 1 unspecified atom stereocenters. The first-order valence-corrected chi connectivity index (χ1v) is 14.9. The zero-order valence-electron chi connectivity index (χ0n) is 25.6. The number of imide groups is 1. The minimum absolute atomic E-state index is 0.0155. The summed E-state index contributed by atoms with van der Waals surface area (Å²) < 4.78 is 136. The molecule has 1 saturated heterocycles. The largest absolute Gasteiger partial charge is 0.573 e. The first-order valence-electron chi connectivity index (χ1n) is 14.9. The number of carbonyl (C=O) groups is 2. The molecule has 0 aromatic heterocycles. The van der Waals surface area contributed by atoms with Gasteiger partial charge in [0.25, 0.3) is 11.5 Å². The summed E-state index contributed by atoms with van der Waals surface area (Å²) in [4.78, 5) is 26.8. The summed E-state index contributed by atoms with van der Waals surface area (Å²) in [7, 11) is 0. The SMILES string of the molecule is CCCc1cc2c(c(CCC)c1OCCCCN1C(=O)NC(C)(c3ccc(OC(F)(F)F)cc3)C1=O)COC2(C(F)(F)F)C(F)(F)F. The predicted octanol–water partition coefficient (Wildman–Crippen LogP) is 7.97. The Bertz CT molecular complexity index is 1460. The third kappa shape index (κ3) is 6.83. The van der Waals surface area contributed by atoms with Gasteiger partial charge in [-0.1, -0.05) is 38.8 Å². The Kier molecular flexibility index (Phi) is 10.1. The van der Waals surface area contributed by atoms with E-state index in [9.17, 15) is 49.1 Å². The summed E-state index contributed by atoms with van der Waals surface area (Å²) in [5.41, 5.74) is -6.54. The van der Waals surface area contributed by atoms with Gasteiger partial charge in [0.2, 0.25) is 0 Å². The molecule has 1 atom stereocenters. The van der Waals surface area contributed by atoms with Crippen molar-refractivity contribution in [2.24, 2.45) is 0 Å². The van der Waals surface area contributed by atoms with Crippen molar-refractivity contribution in [2.45, 2.75) is 95.8 Å². The molecule has 3 amide bonds. The van der Waals surface area contributed by atoms with Crippen molar-refractivity contribution < 1.29 is 63.3 Å². The molecule has 16 heteroatoms. The highest BCUT2D eigenvalue weighted by atomic mass is 19.4. The molecule has 2 aromatic carbocycles. The number of hydrogen-bond acceptors (Lipinski definition) is 5. The number of ether oxygens (including phenoxy) is 3. The highest BCUT2D eigenvalue weighted by molar-refractivity contribution is 6.07. The Morgan fingerprint density at radius 2 is 1.53 bits per heavy atom. The van der Waals surface area contributed by atoms with Crippen LogP contribution in [0.5, 0.6) is 11.5 Å². The fraction of sp³-hybridized carbons (Fsp3) is 0.548. The van der Waals surface area contributed by atoms with E-state index in [1.54, 1.807) is 13.8 Å². The average Bonchev–Trinajstić information content (AvgIpc) is 3.45. The number of halogens is 9. The van der Waals surface area contributed by atoms with Gasteiger partial charge in [-0.15, -0.1) is 13.2 Å². The summed E-state index contributed by atoms with van der Waals surface area (Å²) in [6.45, 7) is 3.90. The molecular weight excluding hydrogens is 651 g/mol. The van der Waals surface area contributed by atoms with Crippen LogP contribution in [0.25, 0.3) is 0 Å². The molecule has 7 nitrogen and oxygen atoms in total. The van der Waals surface area contributed by atoms with E-state index in [2.05, 4.69) is 14.8 Å². The van der Waals surface area contributed by atoms with Crippen molar-refractivity contribution in [3.05, 3.63) is 58.1 Å². The molecule has 2 aromatic rings. The molecule has 1 fully saturated rings. The van der Waals surface area contributed by atoms with Crippen LogP contribution in [0.15, 0.2) is 30.3 Å². The summed E-state index contributed by atoms with van der Waals surface area (Å²) in [6, 6.07) is 4.66. The first-order chi connectivity index (χ1) is 21.8. The molecule has 1 N–H and O–H groups in total. The predicted molar refractivity (Wildman–Crippen MR) is 148 cm³/mol. The second kappa shape index (κ2) is 13.1. The maximum Gasteiger partial charge on any atom is 0.573 e. The number of nitrogens with one attached hydrogen (secondary N) is 1. The van der Waals surface area contributed by atoms with E-state index in [0.717, 1.165) is 23.1 Å². The summed E-state index contributed by atoms with van der Waals surface area (Å²) in [5, 5.41) is 2.55. The number of unbranched alkanes of at least 4 members (excludes halogenated alkanes) is 1. The van der Waals surface area contributed by atoms with Gasteiger partial charge < -0.3 is 19.5 Å². The quantitative estimate of drug-likeness (QED) is 0.140. The Labute approximate surface area is 264 Å². The van der Waals surface area contributed by atoms with E-state index in [0.29, 0.717) is 12.8 Å². The number of fused-ring (bicyclic) bond motifs is 1. The van der Waals surface area contributed by atoms with Crippen LogP contribution in [0.3, 0.4) is 0 Å². The van der Waals surface area contributed by atoms with Gasteiger partial charge >= 0.3 is 24.7 Å². The second-order valence-electron chi connectivity index (χ2n) is 11.5. The minimum Gasteiger partial charge on any atom is -0.493 e. The Hall–Kier alpha value is -3.69. The maximum atomic E-state index is 14.0. The zero-order chi connectivity index (χ0) is 35.0. The molecule has 0 aliphatic carbocycles. The lowest BCUT2D eigenvalue weighted by Gasteiger charge is -2.34. The number of urea groups is 1. The topological polar surface area (TPSA) is 77.1 Å². The van der Waals surface area contributed by atoms with E-state index < -0.39 is 59.7 Å². The molecule has 0 saturated carbocycles. The zero-order valence-corrected chi connectivity index (χ0v) is 25.6. The van der Waals surface area contributed by atoms with Crippen LogP contribution in [0.2, 0.25) is 0 Å². The van der Waals surface area contributed by atoms with E-state index in [1.807, 2.05) is 0 Å². The average molecular weight is 685 g/mol. The first kappa shape index (κ1) is 36.2. The van der Waals surface area contributed by atoms with Gasteiger partial charge in [-0.2, -0.15) is 26.3 Å². The number of aryl methyl sites for hydroxylation is 1. The maximum absolute atomic E-state index is 14.0. The van der Waals surface area contributed by atoms with Gasteiger partial charge in [0.1, 0.15) is 17.0 Å². The van der Waals surface area contributed by atoms with E-state index in [1.165, 1.54) is 19.1 Å². The number of alkyl halides is 9. The molecule has 0 radical (unpaired) electrons. The second-order valence-corrected chi connectivity index (χ2v) is 11.5. The van der Waals surface area contributed by atoms with Crippen LogP contribution >= 0.6 is 0 Å². The summed E-state index contributed by atoms with van der Waals surface area (Å²) in [6.07, 6.45) is -14.8. The van der Waals surface area contributed by atoms with Crippen LogP contribution in [-0.2, 0) is 40.1 Å². The lowest BCUT2D eigenvalue weighted by atomic mass is 9.84. The highest BCUT2D eigenvalue weighted by Crippen LogP contribution is 2.58. The third-order valence-corrected chi connectivity index (χ3v) is 8.17. The van der Waals surface area contributed by atoms with Crippen LogP contribution in [0.1, 0.15) is 74.3 Å². The van der Waals surface area contributed by atoms with Crippen LogP contribution in [0, 0.1) is 0 Å².